The van der Waals surface area contributed by atoms with E-state index in [-0.39, 0.29) is 23.3 Å². The number of halogens is 1. The van der Waals surface area contributed by atoms with Crippen molar-refractivity contribution in [1.29, 1.82) is 0 Å². The van der Waals surface area contributed by atoms with Crippen molar-refractivity contribution in [2.75, 3.05) is 17.4 Å². The fourth-order valence-corrected chi connectivity index (χ4v) is 5.84. The molecular weight excluding hydrogens is 534 g/mol. The van der Waals surface area contributed by atoms with E-state index in [4.69, 9.17) is 11.6 Å². The molecule has 7 nitrogen and oxygen atoms in total. The van der Waals surface area contributed by atoms with E-state index in [2.05, 4.69) is 5.32 Å². The summed E-state index contributed by atoms with van der Waals surface area (Å²) in [5.41, 5.74) is 2.83. The lowest BCUT2D eigenvalue weighted by atomic mass is 10.1. The molecule has 1 atom stereocenters. The van der Waals surface area contributed by atoms with E-state index in [0.29, 0.717) is 17.3 Å². The van der Waals surface area contributed by atoms with Gasteiger partial charge >= 0.3 is 0 Å². The lowest BCUT2D eigenvalue weighted by Gasteiger charge is -2.32. The highest BCUT2D eigenvalue weighted by molar-refractivity contribution is 7.92. The number of aryl methyl sites for hydroxylation is 2. The van der Waals surface area contributed by atoms with Crippen molar-refractivity contribution in [3.8, 4) is 0 Å². The predicted octanol–water partition coefficient (Wildman–Crippen LogP) is 5.34. The Bertz CT molecular complexity index is 1390. The highest BCUT2D eigenvalue weighted by Gasteiger charge is 2.32. The number of benzene rings is 3. The molecule has 0 saturated heterocycles. The SMILES string of the molecule is Cc1cc(C)cc(N(CC(=O)N(Cc2cccc(Cl)c2)C(C)C(=O)NCC(C)C)S(=O)(=O)c2ccccc2)c1. The van der Waals surface area contributed by atoms with Gasteiger partial charge in [-0.25, -0.2) is 8.42 Å². The van der Waals surface area contributed by atoms with Crippen LogP contribution < -0.4 is 9.62 Å². The first-order valence-electron chi connectivity index (χ1n) is 12.9. The number of nitrogens with zero attached hydrogens (tertiary/aromatic N) is 2. The lowest BCUT2D eigenvalue weighted by Crippen LogP contribution is -2.51. The largest absolute Gasteiger partial charge is 0.354 e. The van der Waals surface area contributed by atoms with Gasteiger partial charge in [0, 0.05) is 18.1 Å². The molecule has 0 aliphatic heterocycles. The molecule has 0 spiro atoms. The average molecular weight is 570 g/mol. The quantitative estimate of drug-likeness (QED) is 0.338. The number of rotatable bonds is 11. The van der Waals surface area contributed by atoms with Gasteiger partial charge in [0.2, 0.25) is 11.8 Å². The van der Waals surface area contributed by atoms with Gasteiger partial charge < -0.3 is 10.2 Å². The Hall–Kier alpha value is -3.36. The number of carbonyl (C=O) groups is 2. The van der Waals surface area contributed by atoms with Crippen LogP contribution in [0.3, 0.4) is 0 Å². The monoisotopic (exact) mass is 569 g/mol. The molecule has 1 N–H and O–H groups in total. The van der Waals surface area contributed by atoms with Crippen molar-refractivity contribution in [1.82, 2.24) is 10.2 Å². The standard InChI is InChI=1S/C30H36ClN3O4S/c1-21(2)18-32-30(36)24(5)33(19-25-10-9-11-26(31)17-25)29(35)20-34(27-15-22(3)14-23(4)16-27)39(37,38)28-12-7-6-8-13-28/h6-17,21,24H,18-20H2,1-5H3,(H,32,36). The van der Waals surface area contributed by atoms with Gasteiger partial charge in [-0.05, 0) is 79.8 Å². The molecule has 0 aromatic heterocycles. The Balaban J connectivity index is 2.03. The molecule has 1 unspecified atom stereocenters. The minimum atomic E-state index is -4.10. The van der Waals surface area contributed by atoms with Crippen molar-refractivity contribution in [2.45, 2.75) is 52.1 Å². The van der Waals surface area contributed by atoms with Crippen molar-refractivity contribution >= 4 is 39.1 Å². The smallest absolute Gasteiger partial charge is 0.264 e. The minimum Gasteiger partial charge on any atom is -0.354 e. The second kappa shape index (κ2) is 13.1. The number of nitrogens with one attached hydrogen (secondary N) is 1. The van der Waals surface area contributed by atoms with Crippen molar-refractivity contribution in [2.24, 2.45) is 5.92 Å². The number of anilines is 1. The van der Waals surface area contributed by atoms with Crippen molar-refractivity contribution < 1.29 is 18.0 Å². The zero-order valence-electron chi connectivity index (χ0n) is 23.0. The minimum absolute atomic E-state index is 0.0704. The van der Waals surface area contributed by atoms with Gasteiger partial charge in [0.05, 0.1) is 10.6 Å². The first kappa shape index (κ1) is 30.2. The molecule has 0 fully saturated rings. The summed E-state index contributed by atoms with van der Waals surface area (Å²) in [5, 5.41) is 3.38. The zero-order valence-corrected chi connectivity index (χ0v) is 24.6. The molecule has 2 amide bonds. The molecule has 9 heteroatoms. The van der Waals surface area contributed by atoms with Crippen LogP contribution in [0.2, 0.25) is 5.02 Å². The van der Waals surface area contributed by atoms with Crippen LogP contribution in [0.1, 0.15) is 37.5 Å². The van der Waals surface area contributed by atoms with Crippen LogP contribution in [0.5, 0.6) is 0 Å². The maximum absolute atomic E-state index is 14.0. The molecular formula is C30H36ClN3O4S. The molecule has 3 aromatic rings. The number of amides is 2. The molecule has 3 rings (SSSR count). The Morgan fingerprint density at radius 3 is 2.13 bits per heavy atom. The number of hydrogen-bond acceptors (Lipinski definition) is 4. The molecule has 0 saturated carbocycles. The van der Waals surface area contributed by atoms with Gasteiger partial charge in [-0.2, -0.15) is 0 Å². The number of hydrogen-bond donors (Lipinski definition) is 1. The van der Waals surface area contributed by atoms with Crippen molar-refractivity contribution in [3.63, 3.8) is 0 Å². The van der Waals surface area contributed by atoms with Crippen LogP contribution in [-0.2, 0) is 26.2 Å². The summed E-state index contributed by atoms with van der Waals surface area (Å²) in [5.74, 6) is -0.599. The van der Waals surface area contributed by atoms with Crippen LogP contribution in [0.4, 0.5) is 5.69 Å². The van der Waals surface area contributed by atoms with Gasteiger partial charge in [0.25, 0.3) is 10.0 Å². The second-order valence-corrected chi connectivity index (χ2v) is 12.4. The predicted molar refractivity (Wildman–Crippen MR) is 156 cm³/mol. The van der Waals surface area contributed by atoms with Crippen LogP contribution in [0.15, 0.2) is 77.7 Å². The van der Waals surface area contributed by atoms with E-state index >= 15 is 0 Å². The Kier molecular flexibility index (Phi) is 10.2. The maximum Gasteiger partial charge on any atom is 0.264 e. The van der Waals surface area contributed by atoms with Gasteiger partial charge in [0.15, 0.2) is 0 Å². The first-order valence-corrected chi connectivity index (χ1v) is 14.7. The van der Waals surface area contributed by atoms with E-state index in [1.165, 1.54) is 17.0 Å². The number of sulfonamides is 1. The molecule has 3 aromatic carbocycles. The van der Waals surface area contributed by atoms with Crippen molar-refractivity contribution in [3.05, 3.63) is 94.5 Å². The highest BCUT2D eigenvalue weighted by atomic mass is 35.5. The summed E-state index contributed by atoms with van der Waals surface area (Å²) in [6, 6.07) is 19.6. The summed E-state index contributed by atoms with van der Waals surface area (Å²) in [6.07, 6.45) is 0. The molecule has 0 radical (unpaired) electrons. The topological polar surface area (TPSA) is 86.8 Å². The fraction of sp³-hybridized carbons (Fsp3) is 0.333. The molecule has 208 valence electrons. The van der Waals surface area contributed by atoms with E-state index in [1.807, 2.05) is 39.8 Å². The Labute approximate surface area is 236 Å². The van der Waals surface area contributed by atoms with E-state index < -0.39 is 28.5 Å². The number of carbonyl (C=O) groups excluding carboxylic acids is 2. The second-order valence-electron chi connectivity index (χ2n) is 10.1. The van der Waals surface area contributed by atoms with Crippen LogP contribution >= 0.6 is 11.6 Å². The molecule has 0 heterocycles. The van der Waals surface area contributed by atoms with Gasteiger partial charge in [-0.1, -0.05) is 61.8 Å². The Morgan fingerprint density at radius 2 is 1.54 bits per heavy atom. The normalized spacial score (nSPS) is 12.2. The molecule has 0 aliphatic carbocycles. The van der Waals surface area contributed by atoms with Crippen LogP contribution in [0, 0.1) is 19.8 Å². The summed E-state index contributed by atoms with van der Waals surface area (Å²) >= 11 is 6.19. The average Bonchev–Trinajstić information content (AvgIpc) is 2.88. The molecule has 39 heavy (non-hydrogen) atoms. The zero-order chi connectivity index (χ0) is 28.7. The fourth-order valence-electron chi connectivity index (χ4n) is 4.21. The summed E-state index contributed by atoms with van der Waals surface area (Å²) < 4.78 is 28.8. The third-order valence-corrected chi connectivity index (χ3v) is 8.22. The molecule has 0 aliphatic rings. The van der Waals surface area contributed by atoms with E-state index in [0.717, 1.165) is 21.0 Å². The first-order chi connectivity index (χ1) is 18.4. The van der Waals surface area contributed by atoms with Gasteiger partial charge in [0.1, 0.15) is 12.6 Å². The van der Waals surface area contributed by atoms with Crippen LogP contribution in [0.25, 0.3) is 0 Å². The summed E-state index contributed by atoms with van der Waals surface area (Å²) in [4.78, 5) is 28.5. The van der Waals surface area contributed by atoms with Gasteiger partial charge in [-0.15, -0.1) is 0 Å². The lowest BCUT2D eigenvalue weighted by molar-refractivity contribution is -0.139. The van der Waals surface area contributed by atoms with Gasteiger partial charge in [-0.3, -0.25) is 13.9 Å². The maximum atomic E-state index is 14.0. The Morgan fingerprint density at radius 1 is 0.897 bits per heavy atom. The van der Waals surface area contributed by atoms with E-state index in [1.54, 1.807) is 55.5 Å². The highest BCUT2D eigenvalue weighted by Crippen LogP contribution is 2.27. The van der Waals surface area contributed by atoms with E-state index in [9.17, 15) is 18.0 Å². The molecule has 0 bridgehead atoms. The van der Waals surface area contributed by atoms with Crippen LogP contribution in [-0.4, -0.2) is 44.3 Å². The third kappa shape index (κ3) is 8.07. The third-order valence-electron chi connectivity index (χ3n) is 6.20. The summed E-state index contributed by atoms with van der Waals surface area (Å²) in [7, 11) is -4.10. The summed E-state index contributed by atoms with van der Waals surface area (Å²) in [6.45, 7) is 9.41.